The fraction of sp³-hybridized carbons (Fsp3) is 0.250. The summed E-state index contributed by atoms with van der Waals surface area (Å²) in [6, 6.07) is 10.6. The lowest BCUT2D eigenvalue weighted by Crippen LogP contribution is -2.29. The van der Waals surface area contributed by atoms with Crippen LogP contribution in [0.25, 0.3) is 55.3 Å². The van der Waals surface area contributed by atoms with E-state index in [4.69, 9.17) is 9.97 Å². The highest BCUT2D eigenvalue weighted by atomic mass is 32.1. The van der Waals surface area contributed by atoms with Gasteiger partial charge in [-0.1, -0.05) is 6.42 Å². The number of likely N-dealkylation sites (tertiary alicyclic amines) is 1. The Morgan fingerprint density at radius 1 is 1.00 bits per heavy atom. The van der Waals surface area contributed by atoms with Crippen molar-refractivity contribution in [3.63, 3.8) is 0 Å². The Labute approximate surface area is 217 Å². The number of thiophene rings is 1. The standard InChI is InChI=1S/C28H26N8S/c1-17-5-6-24(37-17)20-7-8-30-27-25(20)32-28(33-27)26-21-12-22(31-15-23(21)34-35-26)19-11-18(13-29-14-19)16-36-9-3-2-4-10-36/h5-8,11-15H,2-4,9-10,16H2,1H3,(H,34,35)(H,30,32,33). The number of aromatic amines is 2. The van der Waals surface area contributed by atoms with E-state index in [9.17, 15) is 0 Å². The Kier molecular flexibility index (Phi) is 5.52. The molecular weight excluding hydrogens is 480 g/mol. The van der Waals surface area contributed by atoms with Gasteiger partial charge in [0.25, 0.3) is 0 Å². The van der Waals surface area contributed by atoms with Gasteiger partial charge in [-0.15, -0.1) is 11.3 Å². The van der Waals surface area contributed by atoms with Crippen LogP contribution in [0.15, 0.2) is 55.1 Å². The maximum absolute atomic E-state index is 4.80. The molecule has 1 fully saturated rings. The van der Waals surface area contributed by atoms with Crippen molar-refractivity contribution >= 4 is 33.4 Å². The highest BCUT2D eigenvalue weighted by Crippen LogP contribution is 2.34. The zero-order valence-corrected chi connectivity index (χ0v) is 21.3. The summed E-state index contributed by atoms with van der Waals surface area (Å²) in [5.41, 5.74) is 7.39. The summed E-state index contributed by atoms with van der Waals surface area (Å²) in [6.07, 6.45) is 11.4. The van der Waals surface area contributed by atoms with E-state index in [1.54, 1.807) is 11.3 Å². The Hall–Kier alpha value is -3.95. The van der Waals surface area contributed by atoms with E-state index in [2.05, 4.69) is 61.2 Å². The molecule has 9 heteroatoms. The van der Waals surface area contributed by atoms with Gasteiger partial charge >= 0.3 is 0 Å². The Balaban J connectivity index is 1.26. The van der Waals surface area contributed by atoms with Crippen LogP contribution in [0, 0.1) is 6.92 Å². The predicted octanol–water partition coefficient (Wildman–Crippen LogP) is 5.98. The number of pyridine rings is 3. The topological polar surface area (TPSA) is 99.3 Å². The molecule has 8 nitrogen and oxygen atoms in total. The first-order chi connectivity index (χ1) is 18.2. The third-order valence-corrected chi connectivity index (χ3v) is 8.05. The summed E-state index contributed by atoms with van der Waals surface area (Å²) < 4.78 is 0. The first kappa shape index (κ1) is 22.3. The molecule has 1 aliphatic heterocycles. The maximum Gasteiger partial charge on any atom is 0.178 e. The number of hydrogen-bond donors (Lipinski definition) is 2. The van der Waals surface area contributed by atoms with Gasteiger partial charge in [-0.3, -0.25) is 20.0 Å². The SMILES string of the molecule is Cc1ccc(-c2ccnc3nc(-c4n[nH]c5cnc(-c6cncc(CN7CCCCC7)c6)cc45)[nH]c23)s1. The van der Waals surface area contributed by atoms with Crippen LogP contribution in [-0.2, 0) is 6.54 Å². The van der Waals surface area contributed by atoms with Crippen molar-refractivity contribution in [2.75, 3.05) is 13.1 Å². The number of aromatic nitrogens is 7. The number of aryl methyl sites for hydroxylation is 1. The normalized spacial score (nSPS) is 14.6. The average Bonchev–Trinajstić information content (AvgIpc) is 3.66. The Morgan fingerprint density at radius 3 is 2.78 bits per heavy atom. The Morgan fingerprint density at radius 2 is 1.92 bits per heavy atom. The Bertz CT molecular complexity index is 1720. The average molecular weight is 507 g/mol. The number of rotatable bonds is 5. The van der Waals surface area contributed by atoms with Gasteiger partial charge in [-0.2, -0.15) is 5.10 Å². The van der Waals surface area contributed by atoms with Crippen molar-refractivity contribution in [1.82, 2.24) is 40.0 Å². The van der Waals surface area contributed by atoms with Gasteiger partial charge in [-0.25, -0.2) is 9.97 Å². The van der Waals surface area contributed by atoms with Gasteiger partial charge in [0.1, 0.15) is 5.69 Å². The molecule has 184 valence electrons. The fourth-order valence-electron chi connectivity index (χ4n) is 5.15. The lowest BCUT2D eigenvalue weighted by molar-refractivity contribution is 0.220. The van der Waals surface area contributed by atoms with E-state index in [0.29, 0.717) is 11.5 Å². The van der Waals surface area contributed by atoms with Gasteiger partial charge in [0.05, 0.1) is 22.9 Å². The molecule has 0 aliphatic carbocycles. The van der Waals surface area contributed by atoms with Crippen molar-refractivity contribution in [2.45, 2.75) is 32.7 Å². The molecule has 2 N–H and O–H groups in total. The number of hydrogen-bond acceptors (Lipinski definition) is 7. The number of H-pyrrole nitrogens is 2. The van der Waals surface area contributed by atoms with Gasteiger partial charge in [0, 0.05) is 51.4 Å². The molecular formula is C28H26N8S. The lowest BCUT2D eigenvalue weighted by atomic mass is 10.1. The molecule has 0 aromatic carbocycles. The van der Waals surface area contributed by atoms with Crippen LogP contribution in [0.3, 0.4) is 0 Å². The van der Waals surface area contributed by atoms with E-state index < -0.39 is 0 Å². The van der Waals surface area contributed by atoms with Crippen molar-refractivity contribution in [2.24, 2.45) is 0 Å². The maximum atomic E-state index is 4.80. The zero-order valence-electron chi connectivity index (χ0n) is 20.5. The lowest BCUT2D eigenvalue weighted by Gasteiger charge is -2.26. The summed E-state index contributed by atoms with van der Waals surface area (Å²) >= 11 is 1.76. The molecule has 0 radical (unpaired) electrons. The van der Waals surface area contributed by atoms with Crippen molar-refractivity contribution in [3.05, 3.63) is 65.6 Å². The second-order valence-corrected chi connectivity index (χ2v) is 10.9. The molecule has 1 saturated heterocycles. The minimum Gasteiger partial charge on any atom is -0.335 e. The largest absolute Gasteiger partial charge is 0.335 e. The zero-order chi connectivity index (χ0) is 24.8. The number of fused-ring (bicyclic) bond motifs is 2. The molecule has 0 spiro atoms. The highest BCUT2D eigenvalue weighted by molar-refractivity contribution is 7.15. The molecule has 1 aliphatic rings. The smallest absolute Gasteiger partial charge is 0.178 e. The van der Waals surface area contributed by atoms with Crippen molar-refractivity contribution in [3.8, 4) is 33.2 Å². The molecule has 0 bridgehead atoms. The predicted molar refractivity (Wildman–Crippen MR) is 147 cm³/mol. The summed E-state index contributed by atoms with van der Waals surface area (Å²) in [5, 5.41) is 8.66. The third kappa shape index (κ3) is 4.20. The molecule has 6 aromatic heterocycles. The summed E-state index contributed by atoms with van der Waals surface area (Å²) in [5.74, 6) is 0.684. The van der Waals surface area contributed by atoms with Crippen LogP contribution >= 0.6 is 11.3 Å². The number of imidazole rings is 1. The molecule has 7 rings (SSSR count). The van der Waals surface area contributed by atoms with Gasteiger partial charge in [0.15, 0.2) is 11.5 Å². The van der Waals surface area contributed by atoms with Gasteiger partial charge in [0.2, 0.25) is 0 Å². The molecule has 0 unspecified atom stereocenters. The minimum absolute atomic E-state index is 0.679. The summed E-state index contributed by atoms with van der Waals surface area (Å²) in [6.45, 7) is 5.36. The summed E-state index contributed by atoms with van der Waals surface area (Å²) in [7, 11) is 0. The fourth-order valence-corrected chi connectivity index (χ4v) is 6.05. The van der Waals surface area contributed by atoms with Gasteiger partial charge in [-0.05, 0) is 68.8 Å². The van der Waals surface area contributed by atoms with Crippen molar-refractivity contribution < 1.29 is 0 Å². The van der Waals surface area contributed by atoms with Crippen LogP contribution in [0.5, 0.6) is 0 Å². The highest BCUT2D eigenvalue weighted by Gasteiger charge is 2.18. The van der Waals surface area contributed by atoms with Crippen molar-refractivity contribution in [1.29, 1.82) is 0 Å². The van der Waals surface area contributed by atoms with E-state index in [-0.39, 0.29) is 0 Å². The van der Waals surface area contributed by atoms with Crippen LogP contribution in [0.1, 0.15) is 29.7 Å². The first-order valence-corrected chi connectivity index (χ1v) is 13.5. The van der Waals surface area contributed by atoms with Crippen LogP contribution in [0.4, 0.5) is 0 Å². The second-order valence-electron chi connectivity index (χ2n) is 9.66. The third-order valence-electron chi connectivity index (χ3n) is 7.01. The van der Waals surface area contributed by atoms with Crippen LogP contribution < -0.4 is 0 Å². The number of piperidine rings is 1. The molecule has 7 heterocycles. The van der Waals surface area contributed by atoms with Gasteiger partial charge < -0.3 is 4.98 Å². The second kappa shape index (κ2) is 9.17. The monoisotopic (exact) mass is 506 g/mol. The van der Waals surface area contributed by atoms with Crippen LogP contribution in [-0.4, -0.2) is 53.1 Å². The minimum atomic E-state index is 0.679. The molecule has 37 heavy (non-hydrogen) atoms. The molecule has 6 aromatic rings. The van der Waals surface area contributed by atoms with Crippen LogP contribution in [0.2, 0.25) is 0 Å². The number of nitrogens with zero attached hydrogens (tertiary/aromatic N) is 6. The summed E-state index contributed by atoms with van der Waals surface area (Å²) in [4.78, 5) is 27.0. The molecule has 0 amide bonds. The quantitative estimate of drug-likeness (QED) is 0.298. The first-order valence-electron chi connectivity index (χ1n) is 12.6. The number of nitrogens with one attached hydrogen (secondary N) is 2. The van der Waals surface area contributed by atoms with E-state index in [1.807, 2.05) is 30.9 Å². The van der Waals surface area contributed by atoms with E-state index in [0.717, 1.165) is 58.6 Å². The van der Waals surface area contributed by atoms with E-state index in [1.165, 1.54) is 34.6 Å². The molecule has 0 atom stereocenters. The van der Waals surface area contributed by atoms with E-state index >= 15 is 0 Å². The molecule has 0 saturated carbocycles.